The Hall–Kier alpha value is -3.86. The number of nitrogens with zero attached hydrogens (tertiary/aromatic N) is 2. The van der Waals surface area contributed by atoms with Gasteiger partial charge in [-0.2, -0.15) is 5.26 Å². The molecule has 1 heterocycles. The van der Waals surface area contributed by atoms with Gasteiger partial charge in [0.15, 0.2) is 6.61 Å². The lowest BCUT2D eigenvalue weighted by Gasteiger charge is -2.19. The molecule has 1 atom stereocenters. The average Bonchev–Trinajstić information content (AvgIpc) is 3.13. The summed E-state index contributed by atoms with van der Waals surface area (Å²) in [5, 5.41) is 11.4. The number of anilines is 2. The Labute approximate surface area is 167 Å². The van der Waals surface area contributed by atoms with E-state index in [-0.39, 0.29) is 18.9 Å². The first kappa shape index (κ1) is 19.9. The summed E-state index contributed by atoms with van der Waals surface area (Å²) in [6.45, 7) is -0.321. The molecule has 2 amide bonds. The number of nitrogens with one attached hydrogen (secondary N) is 1. The van der Waals surface area contributed by atoms with Crippen molar-refractivity contribution in [3.8, 4) is 11.8 Å². The second-order valence-corrected chi connectivity index (χ2v) is 6.43. The summed E-state index contributed by atoms with van der Waals surface area (Å²) in [5.74, 6) is -1.48. The number of methoxy groups -OCH3 is 1. The van der Waals surface area contributed by atoms with Crippen molar-refractivity contribution in [2.45, 2.75) is 6.42 Å². The molecule has 1 fully saturated rings. The highest BCUT2D eigenvalue weighted by atomic mass is 16.5. The van der Waals surface area contributed by atoms with Crippen LogP contribution in [0.3, 0.4) is 0 Å². The maximum atomic E-state index is 12.4. The molecule has 0 saturated carbocycles. The highest BCUT2D eigenvalue weighted by Gasteiger charge is 2.37. The number of amides is 2. The molecule has 2 aromatic carbocycles. The van der Waals surface area contributed by atoms with Gasteiger partial charge in [-0.1, -0.05) is 18.2 Å². The molecule has 29 heavy (non-hydrogen) atoms. The van der Waals surface area contributed by atoms with Gasteiger partial charge >= 0.3 is 5.97 Å². The summed E-state index contributed by atoms with van der Waals surface area (Å²) in [6, 6.07) is 15.4. The number of rotatable bonds is 6. The second-order valence-electron chi connectivity index (χ2n) is 6.43. The van der Waals surface area contributed by atoms with E-state index < -0.39 is 24.4 Å². The van der Waals surface area contributed by atoms with E-state index in [0.29, 0.717) is 22.7 Å². The third-order valence-electron chi connectivity index (χ3n) is 4.46. The van der Waals surface area contributed by atoms with Crippen LogP contribution in [-0.4, -0.2) is 38.0 Å². The number of carbonyl (C=O) groups is 3. The van der Waals surface area contributed by atoms with Crippen LogP contribution in [0.4, 0.5) is 11.4 Å². The fraction of sp³-hybridized carbons (Fsp3) is 0.238. The first-order valence-electron chi connectivity index (χ1n) is 8.92. The number of carbonyl (C=O) groups excluding carboxylic acids is 3. The van der Waals surface area contributed by atoms with Crippen LogP contribution in [-0.2, 0) is 19.1 Å². The van der Waals surface area contributed by atoms with Gasteiger partial charge in [-0.15, -0.1) is 0 Å². The number of hydrogen-bond acceptors (Lipinski definition) is 6. The van der Waals surface area contributed by atoms with E-state index in [1.54, 1.807) is 42.5 Å². The molecule has 1 saturated heterocycles. The van der Waals surface area contributed by atoms with Gasteiger partial charge in [-0.3, -0.25) is 14.4 Å². The second kappa shape index (κ2) is 8.89. The van der Waals surface area contributed by atoms with Gasteiger partial charge in [-0.25, -0.2) is 0 Å². The minimum absolute atomic E-state index is 0.00269. The van der Waals surface area contributed by atoms with Crippen molar-refractivity contribution >= 4 is 29.2 Å². The van der Waals surface area contributed by atoms with E-state index >= 15 is 0 Å². The van der Waals surface area contributed by atoms with Crippen LogP contribution in [0.25, 0.3) is 0 Å². The van der Waals surface area contributed by atoms with Crippen LogP contribution in [0, 0.1) is 17.2 Å². The number of ether oxygens (including phenoxy) is 2. The van der Waals surface area contributed by atoms with Crippen molar-refractivity contribution in [2.75, 3.05) is 30.5 Å². The van der Waals surface area contributed by atoms with E-state index in [0.717, 1.165) is 0 Å². The van der Waals surface area contributed by atoms with Crippen molar-refractivity contribution in [2.24, 2.45) is 5.92 Å². The molecule has 1 aliphatic rings. The highest BCUT2D eigenvalue weighted by molar-refractivity contribution is 6.01. The van der Waals surface area contributed by atoms with Crippen molar-refractivity contribution in [1.82, 2.24) is 0 Å². The molecule has 1 N–H and O–H groups in total. The quantitative estimate of drug-likeness (QED) is 0.753. The molecule has 0 bridgehead atoms. The van der Waals surface area contributed by atoms with Crippen LogP contribution < -0.4 is 15.0 Å². The summed E-state index contributed by atoms with van der Waals surface area (Å²) in [6.07, 6.45) is 0.00269. The summed E-state index contributed by atoms with van der Waals surface area (Å²) in [7, 11) is 1.51. The molecule has 0 radical (unpaired) electrons. The lowest BCUT2D eigenvalue weighted by atomic mass is 10.1. The normalized spacial score (nSPS) is 15.5. The van der Waals surface area contributed by atoms with Crippen LogP contribution in [0.1, 0.15) is 12.0 Å². The lowest BCUT2D eigenvalue weighted by Crippen LogP contribution is -2.28. The number of benzene rings is 2. The minimum atomic E-state index is -0.665. The van der Waals surface area contributed by atoms with E-state index in [2.05, 4.69) is 5.32 Å². The lowest BCUT2D eigenvalue weighted by molar-refractivity contribution is -0.151. The molecule has 0 unspecified atom stereocenters. The number of esters is 1. The van der Waals surface area contributed by atoms with E-state index in [1.165, 1.54) is 18.1 Å². The molecule has 8 heteroatoms. The van der Waals surface area contributed by atoms with E-state index in [9.17, 15) is 14.4 Å². The Morgan fingerprint density at radius 2 is 2.03 bits per heavy atom. The van der Waals surface area contributed by atoms with Gasteiger partial charge in [0.2, 0.25) is 5.91 Å². The number of para-hydroxylation sites is 2. The summed E-state index contributed by atoms with van der Waals surface area (Å²) < 4.78 is 10.4. The van der Waals surface area contributed by atoms with Crippen LogP contribution in [0.2, 0.25) is 0 Å². The predicted molar refractivity (Wildman–Crippen MR) is 104 cm³/mol. The topological polar surface area (TPSA) is 109 Å². The third kappa shape index (κ3) is 4.71. The smallest absolute Gasteiger partial charge is 0.311 e. The zero-order chi connectivity index (χ0) is 20.8. The van der Waals surface area contributed by atoms with Gasteiger partial charge in [0.1, 0.15) is 5.75 Å². The fourth-order valence-electron chi connectivity index (χ4n) is 3.07. The average molecular weight is 393 g/mol. The van der Waals surface area contributed by atoms with E-state index in [4.69, 9.17) is 14.7 Å². The molecule has 0 aliphatic carbocycles. The Morgan fingerprint density at radius 3 is 2.79 bits per heavy atom. The maximum absolute atomic E-state index is 12.4. The summed E-state index contributed by atoms with van der Waals surface area (Å²) in [5.41, 5.74) is 1.43. The van der Waals surface area contributed by atoms with Crippen LogP contribution in [0.5, 0.6) is 5.75 Å². The Morgan fingerprint density at radius 1 is 1.24 bits per heavy atom. The third-order valence-corrected chi connectivity index (χ3v) is 4.46. The molecular weight excluding hydrogens is 374 g/mol. The molecule has 1 aliphatic heterocycles. The van der Waals surface area contributed by atoms with Gasteiger partial charge < -0.3 is 19.7 Å². The van der Waals surface area contributed by atoms with Crippen LogP contribution in [0.15, 0.2) is 48.5 Å². The van der Waals surface area contributed by atoms with Crippen molar-refractivity contribution in [1.29, 1.82) is 5.26 Å². The monoisotopic (exact) mass is 393 g/mol. The molecule has 3 rings (SSSR count). The van der Waals surface area contributed by atoms with E-state index in [1.807, 2.05) is 6.07 Å². The minimum Gasteiger partial charge on any atom is -0.495 e. The van der Waals surface area contributed by atoms with Gasteiger partial charge in [-0.05, 0) is 30.3 Å². The Balaban J connectivity index is 1.55. The molecule has 2 aromatic rings. The zero-order valence-corrected chi connectivity index (χ0v) is 15.8. The number of nitriles is 1. The number of hydrogen-bond donors (Lipinski definition) is 1. The summed E-state index contributed by atoms with van der Waals surface area (Å²) in [4.78, 5) is 38.2. The first-order valence-corrected chi connectivity index (χ1v) is 8.92. The molecule has 8 nitrogen and oxygen atoms in total. The largest absolute Gasteiger partial charge is 0.495 e. The van der Waals surface area contributed by atoms with Crippen molar-refractivity contribution in [3.63, 3.8) is 0 Å². The molecule has 0 aromatic heterocycles. The van der Waals surface area contributed by atoms with Crippen LogP contribution >= 0.6 is 0 Å². The molecular formula is C21H19N3O5. The highest BCUT2D eigenvalue weighted by Crippen LogP contribution is 2.33. The van der Waals surface area contributed by atoms with Crippen molar-refractivity contribution in [3.05, 3.63) is 54.1 Å². The summed E-state index contributed by atoms with van der Waals surface area (Å²) >= 11 is 0. The predicted octanol–water partition coefficient (Wildman–Crippen LogP) is 2.10. The Bertz CT molecular complexity index is 982. The molecule has 0 spiro atoms. The van der Waals surface area contributed by atoms with Gasteiger partial charge in [0.05, 0.1) is 30.3 Å². The SMILES string of the molecule is COc1ccccc1N1C[C@@H](C(=O)OCC(=O)Nc2cccc(C#N)c2)CC1=O. The molecule has 148 valence electrons. The maximum Gasteiger partial charge on any atom is 0.311 e. The van der Waals surface area contributed by atoms with Crippen molar-refractivity contribution < 1.29 is 23.9 Å². The Kier molecular flexibility index (Phi) is 6.09. The van der Waals surface area contributed by atoms with Gasteiger partial charge in [0.25, 0.3) is 5.91 Å². The standard InChI is InChI=1S/C21H19N3O5/c1-28-18-8-3-2-7-17(18)24-12-15(10-20(24)26)21(27)29-13-19(25)23-16-6-4-5-14(9-16)11-22/h2-9,15H,10,12-13H2,1H3,(H,23,25)/t15-/m0/s1. The van der Waals surface area contributed by atoms with Gasteiger partial charge in [0, 0.05) is 18.7 Å². The fourth-order valence-corrected chi connectivity index (χ4v) is 3.07. The first-order chi connectivity index (χ1) is 14.0. The zero-order valence-electron chi connectivity index (χ0n) is 15.8.